The third-order valence-corrected chi connectivity index (χ3v) is 15.1. The Balaban J connectivity index is 0.722. The highest BCUT2D eigenvalue weighted by atomic mass is 16.5. The second-order valence-corrected chi connectivity index (χ2v) is 19.7. The van der Waals surface area contributed by atoms with Crippen molar-refractivity contribution in [1.29, 1.82) is 0 Å². The molecular weight excluding hydrogens is 911 g/mol. The Labute approximate surface area is 420 Å². The van der Waals surface area contributed by atoms with E-state index in [1.807, 2.05) is 82.6 Å². The number of aromatic amines is 1. The minimum absolute atomic E-state index is 0.0536. The number of H-pyrrole nitrogens is 1. The van der Waals surface area contributed by atoms with E-state index in [-0.39, 0.29) is 53.2 Å². The van der Waals surface area contributed by atoms with Gasteiger partial charge in [-0.1, -0.05) is 84.9 Å². The van der Waals surface area contributed by atoms with Gasteiger partial charge in [0.15, 0.2) is 6.61 Å². The van der Waals surface area contributed by atoms with Crippen molar-refractivity contribution >= 4 is 28.7 Å². The fraction of sp³-hybridized carbons (Fsp3) is 0.379. The Morgan fingerprint density at radius 1 is 0.778 bits per heavy atom. The summed E-state index contributed by atoms with van der Waals surface area (Å²) in [6.07, 6.45) is 4.47. The summed E-state index contributed by atoms with van der Waals surface area (Å²) in [6, 6.07) is 39.1. The molecule has 1 spiro atoms. The van der Waals surface area contributed by atoms with Crippen LogP contribution in [0.4, 0.5) is 0 Å². The van der Waals surface area contributed by atoms with E-state index in [1.165, 1.54) is 17.7 Å². The van der Waals surface area contributed by atoms with Crippen molar-refractivity contribution in [1.82, 2.24) is 25.0 Å². The van der Waals surface area contributed by atoms with Crippen LogP contribution in [0.15, 0.2) is 132 Å². The van der Waals surface area contributed by atoms with Gasteiger partial charge in [0.25, 0.3) is 11.8 Å². The summed E-state index contributed by atoms with van der Waals surface area (Å²) in [5.41, 5.74) is 4.82. The number of pyridine rings is 1. The van der Waals surface area contributed by atoms with Gasteiger partial charge in [0, 0.05) is 68.4 Å². The molecule has 0 aliphatic carbocycles. The van der Waals surface area contributed by atoms with Gasteiger partial charge >= 0.3 is 5.97 Å². The van der Waals surface area contributed by atoms with Gasteiger partial charge in [0.2, 0.25) is 5.56 Å². The summed E-state index contributed by atoms with van der Waals surface area (Å²) in [7, 11) is 1.57. The monoisotopic (exact) mass is 975 g/mol. The Morgan fingerprint density at radius 2 is 1.47 bits per heavy atom. The first-order valence-electron chi connectivity index (χ1n) is 25.2. The molecule has 14 nitrogen and oxygen atoms in total. The first-order valence-corrected chi connectivity index (χ1v) is 25.2. The predicted molar refractivity (Wildman–Crippen MR) is 275 cm³/mol. The maximum absolute atomic E-state index is 13.9. The fourth-order valence-electron chi connectivity index (χ4n) is 10.7. The number of benzene rings is 5. The van der Waals surface area contributed by atoms with Gasteiger partial charge < -0.3 is 44.5 Å². The first-order chi connectivity index (χ1) is 35.0. The molecule has 3 fully saturated rings. The SMILES string of the molecule is COc1cc(C(=O)N2CCC3(CCN(C(=O)COc4cccc(C(C(=O)OCC5CCN(Cc6ccccc6)CC5)c5ccccc5)c4)CC3)CC2)ccc1CNC[C@H](O)c1ccc(O)c2[nH]c(=O)ccc12. The molecule has 0 saturated carbocycles. The third-order valence-electron chi connectivity index (χ3n) is 15.1. The lowest BCUT2D eigenvalue weighted by Gasteiger charge is -2.46. The van der Waals surface area contributed by atoms with Crippen molar-refractivity contribution in [2.45, 2.75) is 63.6 Å². The molecule has 3 aliphatic rings. The number of ether oxygens (including phenoxy) is 3. The molecule has 0 radical (unpaired) electrons. The Hall–Kier alpha value is -7.00. The number of nitrogens with one attached hydrogen (secondary N) is 2. The molecule has 4 heterocycles. The standard InChI is InChI=1S/C58H65N5O9/c1-70-51-34-44(15-16-45(51)35-59-36-50(65)47-17-19-49(64)55-48(47)18-20-52(66)60-55)56(68)63-31-25-58(26-32-63)23-29-62(30-24-58)53(67)39-71-46-14-8-13-43(33-46)54(42-11-6-3-7-12-42)57(69)72-38-41-21-27-61(28-22-41)37-40-9-4-2-5-10-40/h2-20,33-34,41,50,54,59,64-65H,21-32,35-39H2,1H3,(H,60,66)/t50-,54?/m0/s1. The number of likely N-dealkylation sites (tertiary alicyclic amines) is 3. The van der Waals surface area contributed by atoms with Crippen molar-refractivity contribution in [2.24, 2.45) is 11.3 Å². The maximum Gasteiger partial charge on any atom is 0.317 e. The number of hydrogen-bond acceptors (Lipinski definition) is 11. The molecule has 2 amide bonds. The first kappa shape index (κ1) is 50.0. The molecular formula is C58H65N5O9. The van der Waals surface area contributed by atoms with Crippen LogP contribution in [0.5, 0.6) is 17.2 Å². The Morgan fingerprint density at radius 3 is 2.19 bits per heavy atom. The molecule has 3 aliphatic heterocycles. The second kappa shape index (κ2) is 23.0. The number of amides is 2. The lowest BCUT2D eigenvalue weighted by Crippen LogP contribution is -2.50. The van der Waals surface area contributed by atoms with Gasteiger partial charge in [-0.15, -0.1) is 0 Å². The zero-order chi connectivity index (χ0) is 50.0. The molecule has 9 rings (SSSR count). The van der Waals surface area contributed by atoms with E-state index in [0.717, 1.165) is 74.8 Å². The van der Waals surface area contributed by atoms with Crippen LogP contribution in [0.3, 0.4) is 0 Å². The normalized spacial score (nSPS) is 17.1. The highest BCUT2D eigenvalue weighted by molar-refractivity contribution is 5.95. The van der Waals surface area contributed by atoms with Crippen molar-refractivity contribution in [2.75, 3.05) is 66.1 Å². The minimum atomic E-state index is -0.917. The molecule has 72 heavy (non-hydrogen) atoms. The second-order valence-electron chi connectivity index (χ2n) is 19.7. The maximum atomic E-state index is 13.9. The zero-order valence-corrected chi connectivity index (χ0v) is 41.0. The quantitative estimate of drug-likeness (QED) is 0.0664. The highest BCUT2D eigenvalue weighted by Crippen LogP contribution is 2.42. The van der Waals surface area contributed by atoms with E-state index in [2.05, 4.69) is 39.5 Å². The summed E-state index contributed by atoms with van der Waals surface area (Å²) in [4.78, 5) is 61.9. The molecule has 4 N–H and O–H groups in total. The third kappa shape index (κ3) is 12.0. The summed E-state index contributed by atoms with van der Waals surface area (Å²) in [5.74, 6) is 0.260. The number of rotatable bonds is 17. The largest absolute Gasteiger partial charge is 0.506 e. The van der Waals surface area contributed by atoms with E-state index in [1.54, 1.807) is 25.3 Å². The summed E-state index contributed by atoms with van der Waals surface area (Å²) in [6.45, 7) is 6.22. The van der Waals surface area contributed by atoms with Gasteiger partial charge in [-0.2, -0.15) is 0 Å². The van der Waals surface area contributed by atoms with E-state index in [0.29, 0.717) is 73.3 Å². The Bertz CT molecular complexity index is 2870. The van der Waals surface area contributed by atoms with Crippen molar-refractivity contribution in [3.05, 3.63) is 171 Å². The van der Waals surface area contributed by atoms with E-state index >= 15 is 0 Å². The van der Waals surface area contributed by atoms with E-state index < -0.39 is 12.0 Å². The number of carbonyl (C=O) groups is 3. The van der Waals surface area contributed by atoms with Crippen LogP contribution < -0.4 is 20.3 Å². The van der Waals surface area contributed by atoms with Gasteiger partial charge in [-0.25, -0.2) is 0 Å². The molecule has 6 aromatic rings. The van der Waals surface area contributed by atoms with Crippen LogP contribution in [-0.4, -0.2) is 114 Å². The van der Waals surface area contributed by atoms with Gasteiger partial charge in [0.05, 0.1) is 25.3 Å². The van der Waals surface area contributed by atoms with Crippen LogP contribution in [0.2, 0.25) is 0 Å². The summed E-state index contributed by atoms with van der Waals surface area (Å²) in [5, 5.41) is 25.0. The summed E-state index contributed by atoms with van der Waals surface area (Å²) < 4.78 is 17.9. The van der Waals surface area contributed by atoms with E-state index in [4.69, 9.17) is 14.2 Å². The van der Waals surface area contributed by atoms with Gasteiger partial charge in [-0.3, -0.25) is 24.1 Å². The molecule has 3 saturated heterocycles. The number of methoxy groups -OCH3 is 1. The van der Waals surface area contributed by atoms with Crippen LogP contribution in [-0.2, 0) is 27.4 Å². The molecule has 5 aromatic carbocycles. The number of aromatic hydroxyl groups is 1. The number of esters is 1. The molecule has 0 bridgehead atoms. The Kier molecular flexibility index (Phi) is 16.0. The lowest BCUT2D eigenvalue weighted by atomic mass is 9.71. The number of aliphatic hydroxyl groups is 1. The number of phenols is 1. The fourth-order valence-corrected chi connectivity index (χ4v) is 10.7. The van der Waals surface area contributed by atoms with Gasteiger partial charge in [0.1, 0.15) is 23.2 Å². The summed E-state index contributed by atoms with van der Waals surface area (Å²) >= 11 is 0. The number of phenolic OH excluding ortho intramolecular Hbond substituents is 1. The number of nitrogens with zero attached hydrogens (tertiary/aromatic N) is 3. The number of hydrogen-bond donors (Lipinski definition) is 4. The number of piperidine rings is 3. The van der Waals surface area contributed by atoms with Gasteiger partial charge in [-0.05, 0) is 122 Å². The van der Waals surface area contributed by atoms with Crippen LogP contribution >= 0.6 is 0 Å². The molecule has 2 atom stereocenters. The van der Waals surface area contributed by atoms with Crippen LogP contribution in [0.1, 0.15) is 88.7 Å². The van der Waals surface area contributed by atoms with Crippen LogP contribution in [0.25, 0.3) is 10.9 Å². The molecule has 14 heteroatoms. The van der Waals surface area contributed by atoms with Crippen molar-refractivity contribution < 1.29 is 38.8 Å². The smallest absolute Gasteiger partial charge is 0.317 e. The molecule has 1 aromatic heterocycles. The number of aliphatic hydroxyl groups excluding tert-OH is 1. The van der Waals surface area contributed by atoms with E-state index in [9.17, 15) is 29.4 Å². The van der Waals surface area contributed by atoms with Crippen LogP contribution in [0, 0.1) is 11.3 Å². The topological polar surface area (TPSA) is 174 Å². The number of carbonyl (C=O) groups excluding carboxylic acids is 3. The number of aromatic nitrogens is 1. The zero-order valence-electron chi connectivity index (χ0n) is 41.0. The molecule has 376 valence electrons. The minimum Gasteiger partial charge on any atom is -0.506 e. The molecule has 1 unspecified atom stereocenters. The highest BCUT2D eigenvalue weighted by Gasteiger charge is 2.40. The predicted octanol–water partition coefficient (Wildman–Crippen LogP) is 7.58. The lowest BCUT2D eigenvalue weighted by molar-refractivity contribution is -0.146. The average molecular weight is 976 g/mol. The number of fused-ring (bicyclic) bond motifs is 1. The van der Waals surface area contributed by atoms with Crippen molar-refractivity contribution in [3.63, 3.8) is 0 Å². The average Bonchev–Trinajstić information content (AvgIpc) is 3.41. The van der Waals surface area contributed by atoms with Crippen molar-refractivity contribution in [3.8, 4) is 17.2 Å².